The average Bonchev–Trinajstić information content (AvgIpc) is 2.50. The summed E-state index contributed by atoms with van der Waals surface area (Å²) in [6.07, 6.45) is 0.562. The van der Waals surface area contributed by atoms with Crippen LogP contribution in [0.25, 0.3) is 0 Å². The Bertz CT molecular complexity index is 617. The van der Waals surface area contributed by atoms with Crippen LogP contribution in [-0.4, -0.2) is 23.7 Å². The van der Waals surface area contributed by atoms with Crippen molar-refractivity contribution in [2.45, 2.75) is 12.5 Å². The van der Waals surface area contributed by atoms with Gasteiger partial charge in [-0.25, -0.2) is 0 Å². The molecule has 0 aliphatic rings. The number of nitrogens with one attached hydrogen (secondary N) is 1. The van der Waals surface area contributed by atoms with Crippen molar-refractivity contribution in [2.75, 3.05) is 12.3 Å². The first-order valence-corrected chi connectivity index (χ1v) is 6.98. The predicted molar refractivity (Wildman–Crippen MR) is 84.4 cm³/mol. The molecule has 0 spiro atoms. The van der Waals surface area contributed by atoms with E-state index in [0.717, 1.165) is 5.56 Å². The number of anilines is 1. The third kappa shape index (κ3) is 4.21. The van der Waals surface area contributed by atoms with Crippen LogP contribution < -0.4 is 11.1 Å². The largest absolute Gasteiger partial charge is 0.398 e. The highest BCUT2D eigenvalue weighted by atomic mass is 35.5. The maximum absolute atomic E-state index is 12.1. The van der Waals surface area contributed by atoms with Crippen LogP contribution in [0.2, 0.25) is 5.02 Å². The van der Waals surface area contributed by atoms with Crippen LogP contribution in [0.5, 0.6) is 0 Å². The highest BCUT2D eigenvalue weighted by Crippen LogP contribution is 2.19. The first kappa shape index (κ1) is 15.4. The van der Waals surface area contributed by atoms with Gasteiger partial charge in [-0.3, -0.25) is 4.79 Å². The summed E-state index contributed by atoms with van der Waals surface area (Å²) in [5.41, 5.74) is 7.51. The van der Waals surface area contributed by atoms with Gasteiger partial charge < -0.3 is 16.2 Å². The predicted octanol–water partition coefficient (Wildman–Crippen LogP) is 2.26. The second-order valence-corrected chi connectivity index (χ2v) is 5.19. The molecule has 0 aliphatic heterocycles. The zero-order chi connectivity index (χ0) is 15.2. The number of nitrogen functional groups attached to an aromatic ring is 1. The van der Waals surface area contributed by atoms with Crippen LogP contribution in [0.1, 0.15) is 15.9 Å². The molecule has 5 heteroatoms. The molecule has 4 nitrogen and oxygen atoms in total. The van der Waals surface area contributed by atoms with E-state index in [1.54, 1.807) is 12.1 Å². The van der Waals surface area contributed by atoms with Gasteiger partial charge in [-0.05, 0) is 30.2 Å². The molecule has 0 aromatic heterocycles. The third-order valence-corrected chi connectivity index (χ3v) is 3.48. The molecule has 0 unspecified atom stereocenters. The smallest absolute Gasteiger partial charge is 0.251 e. The number of rotatable bonds is 5. The van der Waals surface area contributed by atoms with Crippen molar-refractivity contribution in [1.29, 1.82) is 0 Å². The maximum Gasteiger partial charge on any atom is 0.251 e. The third-order valence-electron chi connectivity index (χ3n) is 3.14. The normalized spacial score (nSPS) is 11.9. The number of amides is 1. The molecule has 2 rings (SSSR count). The SMILES string of the molecule is Nc1cc(C(=O)N[C@H](CO)Cc2ccccc2)ccc1Cl. The van der Waals surface area contributed by atoms with Crippen LogP contribution in [0.3, 0.4) is 0 Å². The Morgan fingerprint density at radius 2 is 1.95 bits per heavy atom. The van der Waals surface area contributed by atoms with Crippen LogP contribution in [-0.2, 0) is 6.42 Å². The van der Waals surface area contributed by atoms with Gasteiger partial charge in [0.05, 0.1) is 23.4 Å². The van der Waals surface area contributed by atoms with Crippen molar-refractivity contribution in [1.82, 2.24) is 5.32 Å². The fourth-order valence-corrected chi connectivity index (χ4v) is 2.13. The Morgan fingerprint density at radius 3 is 2.57 bits per heavy atom. The monoisotopic (exact) mass is 304 g/mol. The molecule has 4 N–H and O–H groups in total. The number of nitrogens with two attached hydrogens (primary N) is 1. The lowest BCUT2D eigenvalue weighted by Crippen LogP contribution is -2.39. The topological polar surface area (TPSA) is 75.4 Å². The van der Waals surface area contributed by atoms with Gasteiger partial charge in [0, 0.05) is 5.56 Å². The Labute approximate surface area is 128 Å². The summed E-state index contributed by atoms with van der Waals surface area (Å²) in [6.45, 7) is -0.135. The summed E-state index contributed by atoms with van der Waals surface area (Å²) in [5, 5.41) is 12.6. The van der Waals surface area contributed by atoms with Gasteiger partial charge in [-0.1, -0.05) is 41.9 Å². The van der Waals surface area contributed by atoms with Crippen molar-refractivity contribution < 1.29 is 9.90 Å². The van der Waals surface area contributed by atoms with E-state index in [0.29, 0.717) is 22.7 Å². The molecule has 2 aromatic carbocycles. The number of carbonyl (C=O) groups excluding carboxylic acids is 1. The zero-order valence-electron chi connectivity index (χ0n) is 11.4. The van der Waals surface area contributed by atoms with E-state index in [2.05, 4.69) is 5.32 Å². The lowest BCUT2D eigenvalue weighted by atomic mass is 10.1. The number of carbonyl (C=O) groups is 1. The molecule has 0 saturated carbocycles. The highest BCUT2D eigenvalue weighted by molar-refractivity contribution is 6.33. The van der Waals surface area contributed by atoms with Crippen molar-refractivity contribution in [2.24, 2.45) is 0 Å². The van der Waals surface area contributed by atoms with E-state index < -0.39 is 0 Å². The van der Waals surface area contributed by atoms with Gasteiger partial charge in [-0.15, -0.1) is 0 Å². The number of benzene rings is 2. The zero-order valence-corrected chi connectivity index (χ0v) is 12.2. The molecule has 2 aromatic rings. The first-order chi connectivity index (χ1) is 10.1. The summed E-state index contributed by atoms with van der Waals surface area (Å²) in [7, 11) is 0. The Balaban J connectivity index is 2.04. The van der Waals surface area contributed by atoms with Crippen molar-refractivity contribution in [3.63, 3.8) is 0 Å². The van der Waals surface area contributed by atoms with Crippen LogP contribution in [0, 0.1) is 0 Å². The fourth-order valence-electron chi connectivity index (χ4n) is 2.01. The molecule has 0 radical (unpaired) electrons. The lowest BCUT2D eigenvalue weighted by molar-refractivity contribution is 0.0916. The molecule has 0 saturated heterocycles. The summed E-state index contributed by atoms with van der Waals surface area (Å²) < 4.78 is 0. The quantitative estimate of drug-likeness (QED) is 0.742. The van der Waals surface area contributed by atoms with E-state index in [1.165, 1.54) is 6.07 Å². The minimum atomic E-state index is -0.350. The van der Waals surface area contributed by atoms with Crippen LogP contribution >= 0.6 is 11.6 Å². The van der Waals surface area contributed by atoms with Gasteiger partial charge in [0.1, 0.15) is 0 Å². The van der Waals surface area contributed by atoms with E-state index in [-0.39, 0.29) is 18.6 Å². The van der Waals surface area contributed by atoms with E-state index in [4.69, 9.17) is 17.3 Å². The Kier molecular flexibility index (Phi) is 5.20. The van der Waals surface area contributed by atoms with Crippen LogP contribution in [0.15, 0.2) is 48.5 Å². The molecular weight excluding hydrogens is 288 g/mol. The maximum atomic E-state index is 12.1. The number of aliphatic hydroxyl groups excluding tert-OH is 1. The molecular formula is C16H17ClN2O2. The minimum Gasteiger partial charge on any atom is -0.398 e. The summed E-state index contributed by atoms with van der Waals surface area (Å²) in [5.74, 6) is -0.284. The molecule has 110 valence electrons. The van der Waals surface area contributed by atoms with E-state index in [9.17, 15) is 9.90 Å². The van der Waals surface area contributed by atoms with Gasteiger partial charge in [0.15, 0.2) is 0 Å². The molecule has 21 heavy (non-hydrogen) atoms. The average molecular weight is 305 g/mol. The van der Waals surface area contributed by atoms with Crippen LogP contribution in [0.4, 0.5) is 5.69 Å². The molecule has 0 bridgehead atoms. The molecule has 0 heterocycles. The summed E-state index contributed by atoms with van der Waals surface area (Å²) in [4.78, 5) is 12.1. The van der Waals surface area contributed by atoms with Crippen molar-refractivity contribution >= 4 is 23.2 Å². The van der Waals surface area contributed by atoms with E-state index >= 15 is 0 Å². The number of halogens is 1. The molecule has 1 atom stereocenters. The molecule has 0 fully saturated rings. The fraction of sp³-hybridized carbons (Fsp3) is 0.188. The first-order valence-electron chi connectivity index (χ1n) is 6.61. The minimum absolute atomic E-state index is 0.135. The Hall–Kier alpha value is -2.04. The highest BCUT2D eigenvalue weighted by Gasteiger charge is 2.14. The summed E-state index contributed by atoms with van der Waals surface area (Å²) in [6, 6.07) is 14.0. The van der Waals surface area contributed by atoms with Gasteiger partial charge in [0.25, 0.3) is 5.91 Å². The lowest BCUT2D eigenvalue weighted by Gasteiger charge is -2.16. The molecule has 1 amide bonds. The van der Waals surface area contributed by atoms with Crippen molar-refractivity contribution in [3.8, 4) is 0 Å². The van der Waals surface area contributed by atoms with Gasteiger partial charge in [-0.2, -0.15) is 0 Å². The number of hydrogen-bond acceptors (Lipinski definition) is 3. The molecule has 0 aliphatic carbocycles. The van der Waals surface area contributed by atoms with Gasteiger partial charge in [0.2, 0.25) is 0 Å². The van der Waals surface area contributed by atoms with Crippen molar-refractivity contribution in [3.05, 3.63) is 64.7 Å². The summed E-state index contributed by atoms with van der Waals surface area (Å²) >= 11 is 5.83. The standard InChI is InChI=1S/C16H17ClN2O2/c17-14-7-6-12(9-15(14)18)16(21)19-13(10-20)8-11-4-2-1-3-5-11/h1-7,9,13,20H,8,10,18H2,(H,19,21)/t13-/m0/s1. The Morgan fingerprint density at radius 1 is 1.24 bits per heavy atom. The van der Waals surface area contributed by atoms with Gasteiger partial charge >= 0.3 is 0 Å². The number of aliphatic hydroxyl groups is 1. The second kappa shape index (κ2) is 7.11. The second-order valence-electron chi connectivity index (χ2n) is 4.78. The van der Waals surface area contributed by atoms with E-state index in [1.807, 2.05) is 30.3 Å². The number of hydrogen-bond donors (Lipinski definition) is 3.